The minimum absolute atomic E-state index is 0.135. The third-order valence-electron chi connectivity index (χ3n) is 3.75. The Morgan fingerprint density at radius 2 is 2.27 bits per heavy atom. The number of thiophene rings is 1. The summed E-state index contributed by atoms with van der Waals surface area (Å²) in [6.07, 6.45) is 0.968. The van der Waals surface area contributed by atoms with Crippen molar-refractivity contribution in [1.29, 1.82) is 0 Å². The first-order valence-corrected chi connectivity index (χ1v) is 8.27. The van der Waals surface area contributed by atoms with E-state index in [-0.39, 0.29) is 5.91 Å². The Morgan fingerprint density at radius 1 is 1.41 bits per heavy atom. The smallest absolute Gasteiger partial charge is 0.263 e. The van der Waals surface area contributed by atoms with Crippen LogP contribution in [-0.4, -0.2) is 40.7 Å². The van der Waals surface area contributed by atoms with E-state index >= 15 is 0 Å². The number of aromatic nitrogens is 2. The van der Waals surface area contributed by atoms with Crippen molar-refractivity contribution in [2.75, 3.05) is 19.7 Å². The Hall–Kier alpha value is -1.95. The van der Waals surface area contributed by atoms with Crippen LogP contribution in [0.4, 0.5) is 0 Å². The first-order valence-electron chi connectivity index (χ1n) is 7.39. The van der Waals surface area contributed by atoms with Gasteiger partial charge in [-0.05, 0) is 43.3 Å². The zero-order valence-corrected chi connectivity index (χ0v) is 13.6. The Labute approximate surface area is 133 Å². The number of rotatable bonds is 4. The molecule has 0 radical (unpaired) electrons. The maximum Gasteiger partial charge on any atom is 0.263 e. The van der Waals surface area contributed by atoms with Gasteiger partial charge in [0.1, 0.15) is 0 Å². The largest absolute Gasteiger partial charge is 0.476 e. The second kappa shape index (κ2) is 6.44. The van der Waals surface area contributed by atoms with E-state index < -0.39 is 0 Å². The van der Waals surface area contributed by atoms with Gasteiger partial charge in [0.15, 0.2) is 0 Å². The minimum Gasteiger partial charge on any atom is -0.476 e. The van der Waals surface area contributed by atoms with Crippen molar-refractivity contribution in [1.82, 2.24) is 15.1 Å². The highest BCUT2D eigenvalue weighted by Crippen LogP contribution is 2.22. The predicted octanol–water partition coefficient (Wildman–Crippen LogP) is 2.70. The second-order valence-corrected chi connectivity index (χ2v) is 6.63. The molecule has 1 unspecified atom stereocenters. The lowest BCUT2D eigenvalue weighted by Gasteiger charge is -2.15. The molecule has 1 atom stereocenters. The molecular formula is C16H19N3O2S. The molecule has 3 heterocycles. The van der Waals surface area contributed by atoms with Crippen LogP contribution < -0.4 is 4.74 Å². The SMILES string of the molecule is Cc1csc(C(=O)N2CCC(COc3ccc(C)nn3)C2)c1. The molecular weight excluding hydrogens is 298 g/mol. The van der Waals surface area contributed by atoms with E-state index in [4.69, 9.17) is 4.74 Å². The van der Waals surface area contributed by atoms with Crippen LogP contribution in [0.2, 0.25) is 0 Å². The molecule has 6 heteroatoms. The van der Waals surface area contributed by atoms with Gasteiger partial charge in [-0.15, -0.1) is 16.4 Å². The monoisotopic (exact) mass is 317 g/mol. The Balaban J connectivity index is 1.51. The molecule has 0 saturated carbocycles. The normalized spacial score (nSPS) is 17.7. The number of carbonyl (C=O) groups is 1. The number of aryl methyl sites for hydroxylation is 2. The summed E-state index contributed by atoms with van der Waals surface area (Å²) in [5.41, 5.74) is 2.02. The lowest BCUT2D eigenvalue weighted by molar-refractivity contribution is 0.0787. The highest BCUT2D eigenvalue weighted by molar-refractivity contribution is 7.12. The first-order chi connectivity index (χ1) is 10.6. The molecule has 0 aromatic carbocycles. The van der Waals surface area contributed by atoms with Crippen molar-refractivity contribution >= 4 is 17.2 Å². The summed E-state index contributed by atoms with van der Waals surface area (Å²) in [5, 5.41) is 9.98. The van der Waals surface area contributed by atoms with Crippen LogP contribution in [-0.2, 0) is 0 Å². The fourth-order valence-electron chi connectivity index (χ4n) is 2.52. The van der Waals surface area contributed by atoms with Crippen molar-refractivity contribution in [3.8, 4) is 5.88 Å². The molecule has 3 rings (SSSR count). The van der Waals surface area contributed by atoms with Crippen molar-refractivity contribution in [2.45, 2.75) is 20.3 Å². The van der Waals surface area contributed by atoms with Gasteiger partial charge in [-0.2, -0.15) is 5.10 Å². The number of ether oxygens (including phenoxy) is 1. The molecule has 116 valence electrons. The molecule has 1 amide bonds. The fraction of sp³-hybridized carbons (Fsp3) is 0.438. The van der Waals surface area contributed by atoms with Gasteiger partial charge in [-0.3, -0.25) is 4.79 Å². The van der Waals surface area contributed by atoms with Gasteiger partial charge < -0.3 is 9.64 Å². The van der Waals surface area contributed by atoms with Gasteiger partial charge in [-0.25, -0.2) is 0 Å². The molecule has 0 bridgehead atoms. The minimum atomic E-state index is 0.135. The van der Waals surface area contributed by atoms with Crippen molar-refractivity contribution in [2.24, 2.45) is 5.92 Å². The molecule has 2 aromatic rings. The Kier molecular flexibility index (Phi) is 4.38. The van der Waals surface area contributed by atoms with Gasteiger partial charge >= 0.3 is 0 Å². The molecule has 0 N–H and O–H groups in total. The lowest BCUT2D eigenvalue weighted by Crippen LogP contribution is -2.28. The summed E-state index contributed by atoms with van der Waals surface area (Å²) in [5.74, 6) is 1.04. The zero-order chi connectivity index (χ0) is 15.5. The van der Waals surface area contributed by atoms with Gasteiger partial charge in [0.2, 0.25) is 5.88 Å². The van der Waals surface area contributed by atoms with Crippen LogP contribution in [0.25, 0.3) is 0 Å². The molecule has 0 aliphatic carbocycles. The lowest BCUT2D eigenvalue weighted by atomic mass is 10.1. The third kappa shape index (κ3) is 3.44. The highest BCUT2D eigenvalue weighted by Gasteiger charge is 2.28. The number of hydrogen-bond donors (Lipinski definition) is 0. The maximum atomic E-state index is 12.4. The average Bonchev–Trinajstić information content (AvgIpc) is 3.15. The van der Waals surface area contributed by atoms with Crippen LogP contribution in [0.1, 0.15) is 27.3 Å². The van der Waals surface area contributed by atoms with E-state index in [1.54, 1.807) is 0 Å². The Bertz CT molecular complexity index is 654. The van der Waals surface area contributed by atoms with E-state index in [1.807, 2.05) is 42.3 Å². The summed E-state index contributed by atoms with van der Waals surface area (Å²) in [6.45, 7) is 6.02. The summed E-state index contributed by atoms with van der Waals surface area (Å²) in [7, 11) is 0. The topological polar surface area (TPSA) is 55.3 Å². The summed E-state index contributed by atoms with van der Waals surface area (Å²) >= 11 is 1.52. The Morgan fingerprint density at radius 3 is 2.95 bits per heavy atom. The van der Waals surface area contributed by atoms with Crippen LogP contribution >= 0.6 is 11.3 Å². The number of hydrogen-bond acceptors (Lipinski definition) is 5. The van der Waals surface area contributed by atoms with Crippen molar-refractivity contribution in [3.05, 3.63) is 39.7 Å². The van der Waals surface area contributed by atoms with Crippen molar-refractivity contribution < 1.29 is 9.53 Å². The van der Waals surface area contributed by atoms with Crippen LogP contribution in [0.3, 0.4) is 0 Å². The third-order valence-corrected chi connectivity index (χ3v) is 4.79. The maximum absolute atomic E-state index is 12.4. The average molecular weight is 317 g/mol. The molecule has 0 spiro atoms. The zero-order valence-electron chi connectivity index (χ0n) is 12.8. The standard InChI is InChI=1S/C16H19N3O2S/c1-11-7-14(22-10-11)16(20)19-6-5-13(8-19)9-21-15-4-3-12(2)17-18-15/h3-4,7,10,13H,5-6,8-9H2,1-2H3. The molecule has 1 aliphatic rings. The number of carbonyl (C=O) groups excluding carboxylic acids is 1. The van der Waals surface area contributed by atoms with E-state index in [9.17, 15) is 4.79 Å². The van der Waals surface area contributed by atoms with Gasteiger partial charge in [0.05, 0.1) is 17.2 Å². The molecule has 1 saturated heterocycles. The predicted molar refractivity (Wildman–Crippen MR) is 85.3 cm³/mol. The second-order valence-electron chi connectivity index (χ2n) is 5.72. The fourth-order valence-corrected chi connectivity index (χ4v) is 3.38. The summed E-state index contributed by atoms with van der Waals surface area (Å²) in [4.78, 5) is 15.1. The van der Waals surface area contributed by atoms with Gasteiger partial charge in [-0.1, -0.05) is 0 Å². The van der Waals surface area contributed by atoms with Gasteiger partial charge in [0, 0.05) is 25.1 Å². The van der Waals surface area contributed by atoms with Crippen molar-refractivity contribution in [3.63, 3.8) is 0 Å². The molecule has 2 aromatic heterocycles. The van der Waals surface area contributed by atoms with Crippen LogP contribution in [0, 0.1) is 19.8 Å². The van der Waals surface area contributed by atoms with E-state index in [0.717, 1.165) is 35.6 Å². The molecule has 22 heavy (non-hydrogen) atoms. The van der Waals surface area contributed by atoms with Crippen LogP contribution in [0.15, 0.2) is 23.6 Å². The quantitative estimate of drug-likeness (QED) is 0.870. The summed E-state index contributed by atoms with van der Waals surface area (Å²) in [6, 6.07) is 5.67. The van der Waals surface area contributed by atoms with E-state index in [0.29, 0.717) is 18.4 Å². The number of nitrogens with zero attached hydrogens (tertiary/aromatic N) is 3. The van der Waals surface area contributed by atoms with E-state index in [2.05, 4.69) is 10.2 Å². The molecule has 1 aliphatic heterocycles. The molecule has 1 fully saturated rings. The van der Waals surface area contributed by atoms with E-state index in [1.165, 1.54) is 11.3 Å². The highest BCUT2D eigenvalue weighted by atomic mass is 32.1. The molecule has 5 nitrogen and oxygen atoms in total. The first kappa shape index (κ1) is 15.0. The number of likely N-dealkylation sites (tertiary alicyclic amines) is 1. The van der Waals surface area contributed by atoms with Gasteiger partial charge in [0.25, 0.3) is 5.91 Å². The summed E-state index contributed by atoms with van der Waals surface area (Å²) < 4.78 is 5.67. The number of amides is 1. The van der Waals surface area contributed by atoms with Crippen LogP contribution in [0.5, 0.6) is 5.88 Å².